The van der Waals surface area contributed by atoms with Crippen LogP contribution in [0.25, 0.3) is 0 Å². The van der Waals surface area contributed by atoms with Crippen molar-refractivity contribution in [3.05, 3.63) is 99.1 Å². The molecule has 0 spiro atoms. The Bertz CT molecular complexity index is 1260. The van der Waals surface area contributed by atoms with E-state index in [9.17, 15) is 14.7 Å². The standard InChI is InChI=1S/C30H32ClNO5/c1-20-15-21(2)17-24(16-20)30(11-13-36-14-12-30)32-29(35)25-18-22(7-8-23(25)9-10-28(33)34)19-37-27-6-4-3-5-26(27)31/h3-8,15-18H,9-14,19H2,1-2H3,(H,32,35)(H,33,34). The highest BCUT2D eigenvalue weighted by Crippen LogP contribution is 2.34. The van der Waals surface area contributed by atoms with Crippen molar-refractivity contribution in [3.8, 4) is 5.75 Å². The summed E-state index contributed by atoms with van der Waals surface area (Å²) in [5.74, 6) is -0.587. The summed E-state index contributed by atoms with van der Waals surface area (Å²) in [6.45, 7) is 5.42. The highest BCUT2D eigenvalue weighted by molar-refractivity contribution is 6.32. The summed E-state index contributed by atoms with van der Waals surface area (Å²) >= 11 is 6.22. The predicted octanol–water partition coefficient (Wildman–Crippen LogP) is 5.99. The van der Waals surface area contributed by atoms with Crippen molar-refractivity contribution < 1.29 is 24.2 Å². The highest BCUT2D eigenvalue weighted by atomic mass is 35.5. The van der Waals surface area contributed by atoms with Gasteiger partial charge >= 0.3 is 5.97 Å². The zero-order valence-corrected chi connectivity index (χ0v) is 21.9. The Labute approximate surface area is 222 Å². The lowest BCUT2D eigenvalue weighted by Crippen LogP contribution is -2.49. The summed E-state index contributed by atoms with van der Waals surface area (Å²) in [5, 5.41) is 13.1. The molecule has 1 fully saturated rings. The molecule has 37 heavy (non-hydrogen) atoms. The molecule has 7 heteroatoms. The number of carbonyl (C=O) groups excluding carboxylic acids is 1. The van der Waals surface area contributed by atoms with Crippen molar-refractivity contribution in [2.45, 2.75) is 51.7 Å². The first-order chi connectivity index (χ1) is 17.8. The van der Waals surface area contributed by atoms with Gasteiger partial charge in [-0.25, -0.2) is 0 Å². The molecule has 0 bridgehead atoms. The molecule has 4 rings (SSSR count). The molecule has 0 unspecified atom stereocenters. The monoisotopic (exact) mass is 521 g/mol. The molecule has 194 valence electrons. The molecule has 6 nitrogen and oxygen atoms in total. The van der Waals surface area contributed by atoms with Crippen LogP contribution >= 0.6 is 11.6 Å². The van der Waals surface area contributed by atoms with Gasteiger partial charge in [0.2, 0.25) is 0 Å². The third-order valence-corrected chi connectivity index (χ3v) is 7.04. The van der Waals surface area contributed by atoms with E-state index in [0.29, 0.717) is 48.0 Å². The Morgan fingerprint density at radius 2 is 1.73 bits per heavy atom. The number of rotatable bonds is 9. The van der Waals surface area contributed by atoms with E-state index in [1.165, 1.54) is 0 Å². The third-order valence-electron chi connectivity index (χ3n) is 6.73. The SMILES string of the molecule is Cc1cc(C)cc(C2(NC(=O)c3cc(COc4ccccc4Cl)ccc3CCC(=O)O)CCOCC2)c1. The second-order valence-electron chi connectivity index (χ2n) is 9.63. The maximum atomic E-state index is 13.8. The molecule has 1 aliphatic rings. The first-order valence-electron chi connectivity index (χ1n) is 12.5. The Morgan fingerprint density at radius 3 is 2.41 bits per heavy atom. The van der Waals surface area contributed by atoms with Gasteiger partial charge in [-0.15, -0.1) is 0 Å². The first kappa shape index (κ1) is 26.7. The summed E-state index contributed by atoms with van der Waals surface area (Å²) < 4.78 is 11.5. The van der Waals surface area contributed by atoms with Crippen molar-refractivity contribution >= 4 is 23.5 Å². The molecule has 0 saturated carbocycles. The Balaban J connectivity index is 1.65. The summed E-state index contributed by atoms with van der Waals surface area (Å²) in [6, 6.07) is 19.0. The summed E-state index contributed by atoms with van der Waals surface area (Å²) in [5.41, 5.74) is 4.69. The summed E-state index contributed by atoms with van der Waals surface area (Å²) in [7, 11) is 0. The molecule has 1 amide bonds. The number of benzene rings is 3. The number of carboxylic acids is 1. The van der Waals surface area contributed by atoms with Gasteiger partial charge in [-0.3, -0.25) is 9.59 Å². The fourth-order valence-corrected chi connectivity index (χ4v) is 5.04. The van der Waals surface area contributed by atoms with Crippen molar-refractivity contribution in [2.24, 2.45) is 0 Å². The van der Waals surface area contributed by atoms with Gasteiger partial charge in [0.05, 0.1) is 10.6 Å². The molecule has 0 aliphatic carbocycles. The van der Waals surface area contributed by atoms with Crippen LogP contribution in [0, 0.1) is 13.8 Å². The lowest BCUT2D eigenvalue weighted by Gasteiger charge is -2.39. The van der Waals surface area contributed by atoms with Gasteiger partial charge in [0.15, 0.2) is 0 Å². The zero-order valence-electron chi connectivity index (χ0n) is 21.2. The maximum absolute atomic E-state index is 13.8. The maximum Gasteiger partial charge on any atom is 0.303 e. The number of para-hydroxylation sites is 1. The molecule has 0 radical (unpaired) electrons. The molecule has 0 aromatic heterocycles. The quantitative estimate of drug-likeness (QED) is 0.361. The minimum absolute atomic E-state index is 0.0637. The Kier molecular flexibility index (Phi) is 8.52. The fraction of sp³-hybridized carbons (Fsp3) is 0.333. The number of aryl methyl sites for hydroxylation is 3. The summed E-state index contributed by atoms with van der Waals surface area (Å²) in [6.07, 6.45) is 1.50. The van der Waals surface area contributed by atoms with Gasteiger partial charge in [-0.2, -0.15) is 0 Å². The van der Waals surface area contributed by atoms with Crippen molar-refractivity contribution in [3.63, 3.8) is 0 Å². The second kappa shape index (κ2) is 11.8. The number of amides is 1. The molecule has 3 aromatic rings. The van der Waals surface area contributed by atoms with E-state index in [-0.39, 0.29) is 25.4 Å². The van der Waals surface area contributed by atoms with Crippen LogP contribution in [0.15, 0.2) is 60.7 Å². The van der Waals surface area contributed by atoms with Gasteiger partial charge in [0, 0.05) is 25.2 Å². The Morgan fingerprint density at radius 1 is 1.03 bits per heavy atom. The number of hydrogen-bond acceptors (Lipinski definition) is 4. The van der Waals surface area contributed by atoms with Gasteiger partial charge in [0.25, 0.3) is 5.91 Å². The lowest BCUT2D eigenvalue weighted by molar-refractivity contribution is -0.136. The molecule has 1 aliphatic heterocycles. The van der Waals surface area contributed by atoms with Gasteiger partial charge in [-0.1, -0.05) is 65.2 Å². The topological polar surface area (TPSA) is 84.9 Å². The van der Waals surface area contributed by atoms with E-state index in [2.05, 4.69) is 37.4 Å². The number of hydrogen-bond donors (Lipinski definition) is 2. The van der Waals surface area contributed by atoms with Crippen LogP contribution in [0.3, 0.4) is 0 Å². The van der Waals surface area contributed by atoms with E-state index in [1.807, 2.05) is 24.3 Å². The van der Waals surface area contributed by atoms with Crippen LogP contribution < -0.4 is 10.1 Å². The molecule has 2 N–H and O–H groups in total. The zero-order chi connectivity index (χ0) is 26.4. The van der Waals surface area contributed by atoms with Gasteiger partial charge in [-0.05, 0) is 68.0 Å². The third kappa shape index (κ3) is 6.70. The van der Waals surface area contributed by atoms with E-state index in [1.54, 1.807) is 18.2 Å². The highest BCUT2D eigenvalue weighted by Gasteiger charge is 2.37. The second-order valence-corrected chi connectivity index (χ2v) is 10.0. The molecular formula is C30H32ClNO5. The molecule has 1 heterocycles. The number of ether oxygens (including phenoxy) is 2. The van der Waals surface area contributed by atoms with E-state index >= 15 is 0 Å². The number of halogens is 1. The van der Waals surface area contributed by atoms with Crippen LogP contribution in [0.4, 0.5) is 0 Å². The van der Waals surface area contributed by atoms with Crippen LogP contribution in [-0.4, -0.2) is 30.2 Å². The average molecular weight is 522 g/mol. The Hall–Kier alpha value is -3.35. The predicted molar refractivity (Wildman–Crippen MR) is 143 cm³/mol. The van der Waals surface area contributed by atoms with Crippen LogP contribution in [0.5, 0.6) is 5.75 Å². The number of aliphatic carboxylic acids is 1. The molecule has 3 aromatic carbocycles. The number of nitrogens with one attached hydrogen (secondary N) is 1. The van der Waals surface area contributed by atoms with Crippen molar-refractivity contribution in [1.82, 2.24) is 5.32 Å². The molecular weight excluding hydrogens is 490 g/mol. The van der Waals surface area contributed by atoms with Crippen LogP contribution in [-0.2, 0) is 28.1 Å². The van der Waals surface area contributed by atoms with E-state index in [0.717, 1.165) is 22.3 Å². The first-order valence-corrected chi connectivity index (χ1v) is 12.8. The van der Waals surface area contributed by atoms with Gasteiger partial charge < -0.3 is 19.9 Å². The van der Waals surface area contributed by atoms with Gasteiger partial charge in [0.1, 0.15) is 12.4 Å². The minimum Gasteiger partial charge on any atom is -0.487 e. The minimum atomic E-state index is -0.909. The largest absolute Gasteiger partial charge is 0.487 e. The average Bonchev–Trinajstić information content (AvgIpc) is 2.87. The fourth-order valence-electron chi connectivity index (χ4n) is 4.85. The van der Waals surface area contributed by atoms with E-state index < -0.39 is 11.5 Å². The molecule has 1 saturated heterocycles. The number of carbonyl (C=O) groups is 2. The lowest BCUT2D eigenvalue weighted by atomic mass is 9.81. The summed E-state index contributed by atoms with van der Waals surface area (Å²) in [4.78, 5) is 25.1. The van der Waals surface area contributed by atoms with Crippen molar-refractivity contribution in [2.75, 3.05) is 13.2 Å². The number of carboxylic acid groups (broad SMARTS) is 1. The van der Waals surface area contributed by atoms with Crippen LogP contribution in [0.1, 0.15) is 57.4 Å². The van der Waals surface area contributed by atoms with Crippen LogP contribution in [0.2, 0.25) is 5.02 Å². The normalized spacial score (nSPS) is 14.7. The van der Waals surface area contributed by atoms with Crippen molar-refractivity contribution in [1.29, 1.82) is 0 Å². The van der Waals surface area contributed by atoms with E-state index in [4.69, 9.17) is 21.1 Å². The smallest absolute Gasteiger partial charge is 0.303 e. The molecule has 0 atom stereocenters.